The van der Waals surface area contributed by atoms with Crippen LogP contribution in [0.3, 0.4) is 0 Å². The Morgan fingerprint density at radius 3 is 2.90 bits per heavy atom. The average Bonchev–Trinajstić information content (AvgIpc) is 3.18. The number of benzene rings is 1. The van der Waals surface area contributed by atoms with Crippen molar-refractivity contribution < 1.29 is 9.90 Å². The summed E-state index contributed by atoms with van der Waals surface area (Å²) in [4.78, 5) is 17.9. The molecule has 3 rings (SSSR count). The molecule has 6 heteroatoms. The van der Waals surface area contributed by atoms with Gasteiger partial charge in [0, 0.05) is 25.1 Å². The van der Waals surface area contributed by atoms with Crippen LogP contribution in [-0.4, -0.2) is 38.1 Å². The minimum absolute atomic E-state index is 0.181. The summed E-state index contributed by atoms with van der Waals surface area (Å²) in [6.07, 6.45) is 2.22. The Morgan fingerprint density at radius 1 is 1.45 bits per heavy atom. The molecule has 1 saturated carbocycles. The van der Waals surface area contributed by atoms with E-state index >= 15 is 0 Å². The number of phenols is 1. The number of nitrogens with zero attached hydrogens (tertiary/aromatic N) is 3. The lowest BCUT2D eigenvalue weighted by Gasteiger charge is -2.15. The number of aromatic nitrogens is 3. The molecule has 1 amide bonds. The molecule has 104 valence electrons. The summed E-state index contributed by atoms with van der Waals surface area (Å²) >= 11 is 0. The highest BCUT2D eigenvalue weighted by molar-refractivity contribution is 5.90. The van der Waals surface area contributed by atoms with Crippen LogP contribution >= 0.6 is 0 Å². The minimum atomic E-state index is -0.253. The van der Waals surface area contributed by atoms with Crippen LogP contribution in [0.4, 0.5) is 0 Å². The van der Waals surface area contributed by atoms with Gasteiger partial charge in [0.05, 0.1) is 0 Å². The van der Waals surface area contributed by atoms with Crippen molar-refractivity contribution in [2.45, 2.75) is 25.3 Å². The molecule has 1 heterocycles. The second-order valence-corrected chi connectivity index (χ2v) is 5.11. The summed E-state index contributed by atoms with van der Waals surface area (Å²) in [5.41, 5.74) is 0.696. The summed E-state index contributed by atoms with van der Waals surface area (Å²) in [6.45, 7) is 0.318. The molecule has 1 aliphatic rings. The molecule has 0 aliphatic heterocycles. The molecule has 0 unspecified atom stereocenters. The van der Waals surface area contributed by atoms with Crippen molar-refractivity contribution in [1.82, 2.24) is 20.1 Å². The zero-order chi connectivity index (χ0) is 14.1. The molecule has 2 aromatic rings. The van der Waals surface area contributed by atoms with Crippen LogP contribution in [0.15, 0.2) is 24.3 Å². The number of carbonyl (C=O) groups is 1. The first-order chi connectivity index (χ1) is 9.65. The predicted molar refractivity (Wildman–Crippen MR) is 72.3 cm³/mol. The summed E-state index contributed by atoms with van der Waals surface area (Å²) in [6, 6.07) is 6.96. The van der Waals surface area contributed by atoms with Gasteiger partial charge in [0.1, 0.15) is 11.6 Å². The number of para-hydroxylation sites is 1. The minimum Gasteiger partial charge on any atom is -0.508 e. The van der Waals surface area contributed by atoms with E-state index in [2.05, 4.69) is 15.2 Å². The maximum Gasteiger partial charge on any atom is 0.293 e. The third kappa shape index (κ3) is 2.49. The molecule has 0 saturated heterocycles. The zero-order valence-electron chi connectivity index (χ0n) is 11.2. The van der Waals surface area contributed by atoms with Crippen LogP contribution in [0.5, 0.6) is 5.75 Å². The topological polar surface area (TPSA) is 82.1 Å². The Labute approximate surface area is 116 Å². The lowest BCUT2D eigenvalue weighted by atomic mass is 10.2. The first kappa shape index (κ1) is 12.7. The molecule has 1 aliphatic carbocycles. The van der Waals surface area contributed by atoms with Gasteiger partial charge in [-0.15, -0.1) is 5.10 Å². The van der Waals surface area contributed by atoms with Gasteiger partial charge < -0.3 is 10.0 Å². The molecule has 1 aromatic carbocycles. The highest BCUT2D eigenvalue weighted by atomic mass is 16.3. The third-order valence-corrected chi connectivity index (χ3v) is 3.40. The zero-order valence-corrected chi connectivity index (χ0v) is 11.2. The van der Waals surface area contributed by atoms with E-state index in [1.54, 1.807) is 25.2 Å². The van der Waals surface area contributed by atoms with Crippen molar-refractivity contribution in [3.63, 3.8) is 0 Å². The summed E-state index contributed by atoms with van der Waals surface area (Å²) in [5.74, 6) is 1.35. The van der Waals surface area contributed by atoms with Gasteiger partial charge in [0.2, 0.25) is 5.82 Å². The molecule has 1 fully saturated rings. The maximum absolute atomic E-state index is 12.2. The fourth-order valence-electron chi connectivity index (χ4n) is 2.05. The van der Waals surface area contributed by atoms with E-state index < -0.39 is 0 Å². The number of carbonyl (C=O) groups excluding carboxylic acids is 1. The largest absolute Gasteiger partial charge is 0.508 e. The van der Waals surface area contributed by atoms with Crippen LogP contribution in [0.1, 0.15) is 40.8 Å². The highest BCUT2D eigenvalue weighted by Gasteiger charge is 2.28. The van der Waals surface area contributed by atoms with Crippen molar-refractivity contribution >= 4 is 5.91 Å². The van der Waals surface area contributed by atoms with Gasteiger partial charge in [0.25, 0.3) is 5.91 Å². The standard InChI is InChI=1S/C14H16N4O2/c1-18(8-10-4-2-3-5-11(10)19)14(20)13-15-12(16-17-13)9-6-7-9/h2-5,9,19H,6-8H2,1H3,(H,15,16,17). The van der Waals surface area contributed by atoms with Crippen LogP contribution in [0, 0.1) is 0 Å². The highest BCUT2D eigenvalue weighted by Crippen LogP contribution is 2.37. The number of H-pyrrole nitrogens is 1. The molecule has 6 nitrogen and oxygen atoms in total. The Bertz CT molecular complexity index is 634. The van der Waals surface area contributed by atoms with Crippen LogP contribution in [0.25, 0.3) is 0 Å². The second-order valence-electron chi connectivity index (χ2n) is 5.11. The van der Waals surface area contributed by atoms with Crippen molar-refractivity contribution in [2.24, 2.45) is 0 Å². The van der Waals surface area contributed by atoms with Gasteiger partial charge in [-0.25, -0.2) is 4.98 Å². The van der Waals surface area contributed by atoms with Gasteiger partial charge in [0.15, 0.2) is 0 Å². The molecule has 2 N–H and O–H groups in total. The van der Waals surface area contributed by atoms with Gasteiger partial charge in [-0.3, -0.25) is 9.89 Å². The van der Waals surface area contributed by atoms with E-state index in [1.807, 2.05) is 6.07 Å². The van der Waals surface area contributed by atoms with E-state index in [0.717, 1.165) is 18.7 Å². The molecule has 0 radical (unpaired) electrons. The number of aromatic hydroxyl groups is 1. The van der Waals surface area contributed by atoms with E-state index in [1.165, 1.54) is 4.90 Å². The first-order valence-electron chi connectivity index (χ1n) is 6.60. The number of hydrogen-bond acceptors (Lipinski definition) is 4. The van der Waals surface area contributed by atoms with Crippen molar-refractivity contribution in [3.05, 3.63) is 41.5 Å². The summed E-state index contributed by atoms with van der Waals surface area (Å²) in [5, 5.41) is 16.5. The van der Waals surface area contributed by atoms with E-state index in [9.17, 15) is 9.90 Å². The first-order valence-corrected chi connectivity index (χ1v) is 6.60. The van der Waals surface area contributed by atoms with Crippen LogP contribution in [-0.2, 0) is 6.54 Å². The van der Waals surface area contributed by atoms with Gasteiger partial charge in [-0.2, -0.15) is 0 Å². The predicted octanol–water partition coefficient (Wildman–Crippen LogP) is 1.66. The fourth-order valence-corrected chi connectivity index (χ4v) is 2.05. The van der Waals surface area contributed by atoms with Crippen molar-refractivity contribution in [1.29, 1.82) is 0 Å². The molecular formula is C14H16N4O2. The molecule has 0 spiro atoms. The number of hydrogen-bond donors (Lipinski definition) is 2. The molecule has 1 aromatic heterocycles. The quantitative estimate of drug-likeness (QED) is 0.886. The summed E-state index contributed by atoms with van der Waals surface area (Å²) in [7, 11) is 1.67. The van der Waals surface area contributed by atoms with Gasteiger partial charge >= 0.3 is 0 Å². The Balaban J connectivity index is 1.71. The lowest BCUT2D eigenvalue weighted by molar-refractivity contribution is 0.0772. The number of nitrogens with one attached hydrogen (secondary N) is 1. The fraction of sp³-hybridized carbons (Fsp3) is 0.357. The smallest absolute Gasteiger partial charge is 0.293 e. The SMILES string of the molecule is CN(Cc1ccccc1O)C(=O)c1n[nH]c(C2CC2)n1. The molecule has 0 bridgehead atoms. The van der Waals surface area contributed by atoms with E-state index in [-0.39, 0.29) is 17.5 Å². The van der Waals surface area contributed by atoms with Crippen LogP contribution < -0.4 is 0 Å². The number of aromatic amines is 1. The maximum atomic E-state index is 12.2. The molecular weight excluding hydrogens is 256 g/mol. The molecule has 0 atom stereocenters. The monoisotopic (exact) mass is 272 g/mol. The average molecular weight is 272 g/mol. The summed E-state index contributed by atoms with van der Waals surface area (Å²) < 4.78 is 0. The van der Waals surface area contributed by atoms with Gasteiger partial charge in [-0.05, 0) is 18.9 Å². The van der Waals surface area contributed by atoms with Gasteiger partial charge in [-0.1, -0.05) is 18.2 Å². The van der Waals surface area contributed by atoms with Crippen molar-refractivity contribution in [3.8, 4) is 5.75 Å². The number of rotatable bonds is 4. The normalized spacial score (nSPS) is 14.2. The Kier molecular flexibility index (Phi) is 3.14. The van der Waals surface area contributed by atoms with Crippen molar-refractivity contribution in [2.75, 3.05) is 7.05 Å². The lowest BCUT2D eigenvalue weighted by Crippen LogP contribution is -2.27. The number of amides is 1. The second kappa shape index (κ2) is 4.96. The van der Waals surface area contributed by atoms with E-state index in [0.29, 0.717) is 18.0 Å². The van der Waals surface area contributed by atoms with Crippen LogP contribution in [0.2, 0.25) is 0 Å². The Hall–Kier alpha value is -2.37. The molecule has 20 heavy (non-hydrogen) atoms. The van der Waals surface area contributed by atoms with E-state index in [4.69, 9.17) is 0 Å². The third-order valence-electron chi connectivity index (χ3n) is 3.40. The Morgan fingerprint density at radius 2 is 2.20 bits per heavy atom. The number of phenolic OH excluding ortho intramolecular Hbond substituents is 1.